The van der Waals surface area contributed by atoms with E-state index in [1.165, 1.54) is 58.0 Å². The van der Waals surface area contributed by atoms with Crippen LogP contribution < -0.4 is 5.32 Å². The number of carbonyl (C=O) groups is 1. The summed E-state index contributed by atoms with van der Waals surface area (Å²) in [6, 6.07) is 0.895. The molecule has 3 saturated carbocycles. The summed E-state index contributed by atoms with van der Waals surface area (Å²) in [6.45, 7) is 3.41. The quantitative estimate of drug-likeness (QED) is 0.840. The Balaban J connectivity index is 1.23. The van der Waals surface area contributed by atoms with Gasteiger partial charge in [0.05, 0.1) is 0 Å². The lowest BCUT2D eigenvalue weighted by Gasteiger charge is -2.22. The fourth-order valence-electron chi connectivity index (χ4n) is 4.74. The summed E-state index contributed by atoms with van der Waals surface area (Å²) in [7, 11) is 0. The highest BCUT2D eigenvalue weighted by Gasteiger charge is 2.43. The third-order valence-corrected chi connectivity index (χ3v) is 6.02. The van der Waals surface area contributed by atoms with E-state index in [4.69, 9.17) is 0 Å². The van der Waals surface area contributed by atoms with Gasteiger partial charge < -0.3 is 10.2 Å². The second-order valence-electron chi connectivity index (χ2n) is 7.41. The Kier molecular flexibility index (Phi) is 3.06. The molecule has 0 unspecified atom stereocenters. The third-order valence-electron chi connectivity index (χ3n) is 6.02. The third kappa shape index (κ3) is 2.42. The van der Waals surface area contributed by atoms with Crippen molar-refractivity contribution in [2.45, 2.75) is 51.0 Å². The van der Waals surface area contributed by atoms with Crippen molar-refractivity contribution in [2.24, 2.45) is 23.7 Å². The monoisotopic (exact) mass is 262 g/mol. The average Bonchev–Trinajstić information content (AvgIpc) is 2.89. The van der Waals surface area contributed by atoms with Crippen LogP contribution in [0.2, 0.25) is 0 Å². The van der Waals surface area contributed by atoms with Crippen molar-refractivity contribution in [1.82, 2.24) is 10.2 Å². The number of fused-ring (bicyclic) bond motifs is 2. The van der Waals surface area contributed by atoms with Crippen LogP contribution in [0.3, 0.4) is 0 Å². The zero-order valence-electron chi connectivity index (χ0n) is 11.8. The molecule has 19 heavy (non-hydrogen) atoms. The van der Waals surface area contributed by atoms with Gasteiger partial charge in [0.25, 0.3) is 0 Å². The van der Waals surface area contributed by atoms with Gasteiger partial charge >= 0.3 is 0 Å². The molecule has 0 spiro atoms. The largest absolute Gasteiger partial charge is 0.356 e. The molecule has 0 aromatic rings. The van der Waals surface area contributed by atoms with Crippen LogP contribution in [0.1, 0.15) is 44.9 Å². The van der Waals surface area contributed by atoms with Crippen LogP contribution >= 0.6 is 0 Å². The molecule has 4 aliphatic rings. The number of hydrogen-bond donors (Lipinski definition) is 1. The highest BCUT2D eigenvalue weighted by atomic mass is 16.1. The predicted molar refractivity (Wildman–Crippen MR) is 74.6 cm³/mol. The summed E-state index contributed by atoms with van der Waals surface area (Å²) in [6.07, 6.45) is 9.29. The van der Waals surface area contributed by atoms with Crippen molar-refractivity contribution in [2.75, 3.05) is 19.6 Å². The van der Waals surface area contributed by atoms with E-state index >= 15 is 0 Å². The molecular weight excluding hydrogens is 236 g/mol. The topological polar surface area (TPSA) is 32.3 Å². The normalized spacial score (nSPS) is 41.9. The minimum atomic E-state index is 0.361. The van der Waals surface area contributed by atoms with Crippen LogP contribution in [0.4, 0.5) is 0 Å². The molecule has 1 amide bonds. The fraction of sp³-hybridized carbons (Fsp3) is 0.938. The van der Waals surface area contributed by atoms with Gasteiger partial charge in [0.15, 0.2) is 0 Å². The minimum Gasteiger partial charge on any atom is -0.356 e. The molecule has 3 aliphatic carbocycles. The molecule has 4 atom stereocenters. The van der Waals surface area contributed by atoms with E-state index in [2.05, 4.69) is 10.2 Å². The van der Waals surface area contributed by atoms with Gasteiger partial charge in [-0.05, 0) is 62.8 Å². The number of nitrogens with zero attached hydrogens (tertiary/aromatic N) is 1. The van der Waals surface area contributed by atoms with E-state index in [0.29, 0.717) is 17.7 Å². The lowest BCUT2D eigenvalue weighted by atomic mass is 9.88. The van der Waals surface area contributed by atoms with Crippen LogP contribution in [0.15, 0.2) is 0 Å². The lowest BCUT2D eigenvalue weighted by Crippen LogP contribution is -2.37. The van der Waals surface area contributed by atoms with Crippen LogP contribution in [-0.4, -0.2) is 36.5 Å². The number of amides is 1. The van der Waals surface area contributed by atoms with Gasteiger partial charge in [-0.3, -0.25) is 4.79 Å². The number of hydrogen-bond acceptors (Lipinski definition) is 2. The highest BCUT2D eigenvalue weighted by Crippen LogP contribution is 2.48. The van der Waals surface area contributed by atoms with Crippen molar-refractivity contribution < 1.29 is 4.79 Å². The van der Waals surface area contributed by atoms with Crippen molar-refractivity contribution in [3.63, 3.8) is 0 Å². The molecule has 1 saturated heterocycles. The first-order valence-corrected chi connectivity index (χ1v) is 8.31. The predicted octanol–water partition coefficient (Wildman–Crippen LogP) is 2.02. The first kappa shape index (κ1) is 12.2. The van der Waals surface area contributed by atoms with Gasteiger partial charge in [-0.2, -0.15) is 0 Å². The number of likely N-dealkylation sites (tertiary alicyclic amines) is 1. The molecule has 3 nitrogen and oxygen atoms in total. The van der Waals surface area contributed by atoms with Crippen LogP contribution in [0.25, 0.3) is 0 Å². The van der Waals surface area contributed by atoms with Gasteiger partial charge in [0.1, 0.15) is 0 Å². The van der Waals surface area contributed by atoms with Gasteiger partial charge in [-0.1, -0.05) is 6.42 Å². The zero-order valence-corrected chi connectivity index (χ0v) is 11.8. The molecule has 4 rings (SSSR count). The Morgan fingerprint density at radius 2 is 2.00 bits per heavy atom. The number of rotatable bonds is 4. The zero-order chi connectivity index (χ0) is 12.8. The summed E-state index contributed by atoms with van der Waals surface area (Å²) in [5.41, 5.74) is 0. The highest BCUT2D eigenvalue weighted by molar-refractivity contribution is 5.79. The Morgan fingerprint density at radius 1 is 1.11 bits per heavy atom. The second kappa shape index (κ2) is 4.76. The maximum Gasteiger partial charge on any atom is 0.223 e. The van der Waals surface area contributed by atoms with Crippen LogP contribution in [0, 0.1) is 23.7 Å². The first-order valence-electron chi connectivity index (χ1n) is 8.31. The van der Waals surface area contributed by atoms with Gasteiger partial charge in [-0.15, -0.1) is 0 Å². The Hall–Kier alpha value is -0.570. The molecule has 1 heterocycles. The molecule has 1 aliphatic heterocycles. The molecule has 106 valence electrons. The molecule has 4 fully saturated rings. The van der Waals surface area contributed by atoms with Crippen LogP contribution in [0.5, 0.6) is 0 Å². The van der Waals surface area contributed by atoms with Gasteiger partial charge in [0, 0.05) is 25.0 Å². The van der Waals surface area contributed by atoms with E-state index < -0.39 is 0 Å². The van der Waals surface area contributed by atoms with E-state index in [-0.39, 0.29) is 0 Å². The summed E-state index contributed by atoms with van der Waals surface area (Å²) in [5.74, 6) is 3.04. The van der Waals surface area contributed by atoms with Gasteiger partial charge in [-0.25, -0.2) is 0 Å². The second-order valence-corrected chi connectivity index (χ2v) is 7.41. The molecule has 3 heteroatoms. The van der Waals surface area contributed by atoms with Crippen molar-refractivity contribution in [3.05, 3.63) is 0 Å². The molecule has 2 bridgehead atoms. The summed E-state index contributed by atoms with van der Waals surface area (Å²) >= 11 is 0. The first-order chi connectivity index (χ1) is 9.29. The summed E-state index contributed by atoms with van der Waals surface area (Å²) in [5, 5.41) is 3.27. The Morgan fingerprint density at radius 3 is 2.68 bits per heavy atom. The summed E-state index contributed by atoms with van der Waals surface area (Å²) in [4.78, 5) is 14.9. The van der Waals surface area contributed by atoms with Crippen molar-refractivity contribution >= 4 is 5.91 Å². The smallest absolute Gasteiger partial charge is 0.223 e. The van der Waals surface area contributed by atoms with Gasteiger partial charge in [0.2, 0.25) is 5.91 Å². The standard InChI is InChI=1S/C16H26N2O/c19-16(15-8-11-1-2-13(15)7-11)17-9-12-5-6-18(10-12)14-3-4-14/h11-15H,1-10H2,(H,17,19)/t11-,12-,13-,15-/m0/s1. The van der Waals surface area contributed by atoms with E-state index in [1.807, 2.05) is 0 Å². The van der Waals surface area contributed by atoms with E-state index in [0.717, 1.165) is 24.4 Å². The maximum absolute atomic E-state index is 12.3. The maximum atomic E-state index is 12.3. The molecule has 0 aromatic heterocycles. The van der Waals surface area contributed by atoms with Crippen LogP contribution in [-0.2, 0) is 4.79 Å². The summed E-state index contributed by atoms with van der Waals surface area (Å²) < 4.78 is 0. The SMILES string of the molecule is O=C(NC[C@@H]1CCN(C2CC2)C1)[C@H]1C[C@H]2CC[C@H]1C2. The Labute approximate surface area is 116 Å². The molecule has 1 N–H and O–H groups in total. The number of carbonyl (C=O) groups excluding carboxylic acids is 1. The Bertz CT molecular complexity index is 366. The fourth-order valence-corrected chi connectivity index (χ4v) is 4.74. The van der Waals surface area contributed by atoms with E-state index in [1.54, 1.807) is 0 Å². The molecular formula is C16H26N2O. The lowest BCUT2D eigenvalue weighted by molar-refractivity contribution is -0.126. The average molecular weight is 262 g/mol. The minimum absolute atomic E-state index is 0.361. The number of nitrogens with one attached hydrogen (secondary N) is 1. The van der Waals surface area contributed by atoms with Crippen molar-refractivity contribution in [1.29, 1.82) is 0 Å². The molecule has 0 radical (unpaired) electrons. The molecule has 0 aromatic carbocycles. The van der Waals surface area contributed by atoms with E-state index in [9.17, 15) is 4.79 Å². The van der Waals surface area contributed by atoms with Crippen molar-refractivity contribution in [3.8, 4) is 0 Å².